The highest BCUT2D eigenvalue weighted by Gasteiger charge is 2.02. The molecule has 0 saturated heterocycles. The number of carbonyl (C=O) groups is 1. The summed E-state index contributed by atoms with van der Waals surface area (Å²) in [6, 6.07) is 6.47. The van der Waals surface area contributed by atoms with Crippen LogP contribution in [0, 0.1) is 0 Å². The van der Waals surface area contributed by atoms with Gasteiger partial charge >= 0.3 is 0 Å². The van der Waals surface area contributed by atoms with E-state index in [-0.39, 0.29) is 11.0 Å². The highest BCUT2D eigenvalue weighted by Crippen LogP contribution is 2.20. The molecule has 0 fully saturated rings. The smallest absolute Gasteiger partial charge is 0.284 e. The summed E-state index contributed by atoms with van der Waals surface area (Å²) in [4.78, 5) is 12.0. The van der Waals surface area contributed by atoms with Gasteiger partial charge in [0.25, 0.3) is 5.24 Å². The molecule has 0 bridgehead atoms. The summed E-state index contributed by atoms with van der Waals surface area (Å²) in [6.45, 7) is 3.96. The molecule has 0 atom stereocenters. The first-order valence-corrected chi connectivity index (χ1v) is 4.89. The second-order valence-electron chi connectivity index (χ2n) is 2.55. The van der Waals surface area contributed by atoms with Gasteiger partial charge in [-0.25, -0.2) is 0 Å². The number of phenolic OH excluding ortho intramolecular Hbond substituents is 1. The van der Waals surface area contributed by atoms with Gasteiger partial charge in [0.15, 0.2) is 0 Å². The van der Waals surface area contributed by atoms with Gasteiger partial charge < -0.3 is 10.4 Å². The molecule has 1 aromatic rings. The number of aromatic hydroxyl groups is 1. The molecule has 0 aliphatic carbocycles. The van der Waals surface area contributed by atoms with Crippen molar-refractivity contribution in [3.05, 3.63) is 36.9 Å². The molecule has 1 amide bonds. The van der Waals surface area contributed by atoms with Gasteiger partial charge in [-0.3, -0.25) is 4.79 Å². The van der Waals surface area contributed by atoms with Crippen molar-refractivity contribution < 1.29 is 9.90 Å². The minimum Gasteiger partial charge on any atom is -0.508 e. The molecule has 74 valence electrons. The van der Waals surface area contributed by atoms with Crippen molar-refractivity contribution >= 4 is 17.0 Å². The van der Waals surface area contributed by atoms with Crippen molar-refractivity contribution in [2.45, 2.75) is 4.90 Å². The summed E-state index contributed by atoms with van der Waals surface area (Å²) in [7, 11) is 0. The minimum absolute atomic E-state index is 0.129. The van der Waals surface area contributed by atoms with Gasteiger partial charge in [0.1, 0.15) is 5.75 Å². The Labute approximate surface area is 86.8 Å². The Bertz CT molecular complexity index is 321. The summed E-state index contributed by atoms with van der Waals surface area (Å²) >= 11 is 1.08. The molecule has 3 nitrogen and oxygen atoms in total. The van der Waals surface area contributed by atoms with E-state index in [0.29, 0.717) is 6.54 Å². The molecule has 0 radical (unpaired) electrons. The van der Waals surface area contributed by atoms with Crippen LogP contribution in [0.2, 0.25) is 0 Å². The summed E-state index contributed by atoms with van der Waals surface area (Å²) < 4.78 is 0. The third-order valence-corrected chi connectivity index (χ3v) is 2.28. The van der Waals surface area contributed by atoms with Crippen LogP contribution < -0.4 is 5.32 Å². The van der Waals surface area contributed by atoms with Crippen molar-refractivity contribution in [2.24, 2.45) is 0 Å². The molecular weight excluding hydrogens is 198 g/mol. The number of carbonyl (C=O) groups excluding carboxylic acids is 1. The maximum absolute atomic E-state index is 11.2. The van der Waals surface area contributed by atoms with Gasteiger partial charge in [0, 0.05) is 11.4 Å². The third kappa shape index (κ3) is 3.53. The lowest BCUT2D eigenvalue weighted by Crippen LogP contribution is -2.17. The van der Waals surface area contributed by atoms with Crippen LogP contribution in [-0.2, 0) is 0 Å². The van der Waals surface area contributed by atoms with Crippen LogP contribution in [-0.4, -0.2) is 16.9 Å². The monoisotopic (exact) mass is 209 g/mol. The van der Waals surface area contributed by atoms with E-state index in [4.69, 9.17) is 5.11 Å². The Morgan fingerprint density at radius 1 is 1.50 bits per heavy atom. The van der Waals surface area contributed by atoms with E-state index < -0.39 is 0 Å². The van der Waals surface area contributed by atoms with Crippen LogP contribution in [0.25, 0.3) is 0 Å². The first-order chi connectivity index (χ1) is 6.72. The van der Waals surface area contributed by atoms with Crippen LogP contribution in [0.4, 0.5) is 4.79 Å². The Morgan fingerprint density at radius 2 is 2.14 bits per heavy atom. The largest absolute Gasteiger partial charge is 0.508 e. The van der Waals surface area contributed by atoms with E-state index in [1.807, 2.05) is 0 Å². The van der Waals surface area contributed by atoms with E-state index in [0.717, 1.165) is 16.7 Å². The molecule has 0 unspecified atom stereocenters. The van der Waals surface area contributed by atoms with Crippen molar-refractivity contribution in [3.8, 4) is 5.75 Å². The second-order valence-corrected chi connectivity index (χ2v) is 3.60. The van der Waals surface area contributed by atoms with Crippen molar-refractivity contribution in [1.82, 2.24) is 5.32 Å². The van der Waals surface area contributed by atoms with E-state index in [1.165, 1.54) is 0 Å². The van der Waals surface area contributed by atoms with Crippen LogP contribution >= 0.6 is 11.8 Å². The summed E-state index contributed by atoms with van der Waals surface area (Å²) in [5.74, 6) is 0.195. The van der Waals surface area contributed by atoms with Crippen LogP contribution in [0.3, 0.4) is 0 Å². The average molecular weight is 209 g/mol. The molecular formula is C10H11NO2S. The second kappa shape index (κ2) is 5.34. The lowest BCUT2D eigenvalue weighted by atomic mass is 10.3. The number of amides is 1. The van der Waals surface area contributed by atoms with E-state index in [2.05, 4.69) is 11.9 Å². The third-order valence-electron chi connectivity index (χ3n) is 1.44. The number of thioether (sulfide) groups is 1. The first-order valence-electron chi connectivity index (χ1n) is 4.08. The normalized spacial score (nSPS) is 9.43. The molecule has 1 aromatic carbocycles. The predicted octanol–water partition coefficient (Wildman–Crippen LogP) is 2.38. The van der Waals surface area contributed by atoms with Crippen molar-refractivity contribution in [1.29, 1.82) is 0 Å². The highest BCUT2D eigenvalue weighted by molar-refractivity contribution is 8.13. The SMILES string of the molecule is C=CCNC(=O)Sc1ccc(O)cc1. The molecule has 1 rings (SSSR count). The molecule has 14 heavy (non-hydrogen) atoms. The number of benzene rings is 1. The van der Waals surface area contributed by atoms with Crippen molar-refractivity contribution in [2.75, 3.05) is 6.54 Å². The van der Waals surface area contributed by atoms with E-state index >= 15 is 0 Å². The number of hydrogen-bond donors (Lipinski definition) is 2. The van der Waals surface area contributed by atoms with Crippen molar-refractivity contribution in [3.63, 3.8) is 0 Å². The van der Waals surface area contributed by atoms with E-state index in [1.54, 1.807) is 30.3 Å². The summed E-state index contributed by atoms with van der Waals surface area (Å²) in [6.07, 6.45) is 1.62. The summed E-state index contributed by atoms with van der Waals surface area (Å²) in [5.41, 5.74) is 0. The molecule has 0 heterocycles. The fourth-order valence-electron chi connectivity index (χ4n) is 0.813. The fraction of sp³-hybridized carbons (Fsp3) is 0.100. The fourth-order valence-corrected chi connectivity index (χ4v) is 1.45. The molecule has 0 aliphatic rings. The van der Waals surface area contributed by atoms with Crippen LogP contribution in [0.5, 0.6) is 5.75 Å². The Morgan fingerprint density at radius 3 is 2.71 bits per heavy atom. The van der Waals surface area contributed by atoms with Crippen LogP contribution in [0.1, 0.15) is 0 Å². The van der Waals surface area contributed by atoms with Crippen LogP contribution in [0.15, 0.2) is 41.8 Å². The quantitative estimate of drug-likeness (QED) is 0.593. The number of nitrogens with one attached hydrogen (secondary N) is 1. The summed E-state index contributed by atoms with van der Waals surface area (Å²) in [5, 5.41) is 11.5. The number of rotatable bonds is 3. The molecule has 2 N–H and O–H groups in total. The van der Waals surface area contributed by atoms with E-state index in [9.17, 15) is 4.79 Å². The Kier molecular flexibility index (Phi) is 4.07. The molecule has 0 aliphatic heterocycles. The Balaban J connectivity index is 2.47. The lowest BCUT2D eigenvalue weighted by Gasteiger charge is -2.01. The van der Waals surface area contributed by atoms with Gasteiger partial charge in [-0.2, -0.15) is 0 Å². The first kappa shape index (κ1) is 10.7. The number of hydrogen-bond acceptors (Lipinski definition) is 3. The zero-order valence-corrected chi connectivity index (χ0v) is 8.38. The molecule has 0 saturated carbocycles. The molecule has 0 spiro atoms. The maximum Gasteiger partial charge on any atom is 0.284 e. The zero-order chi connectivity index (χ0) is 10.4. The van der Waals surface area contributed by atoms with Gasteiger partial charge in [0.05, 0.1) is 0 Å². The Hall–Kier alpha value is -1.42. The standard InChI is InChI=1S/C10H11NO2S/c1-2-7-11-10(13)14-9-5-3-8(12)4-6-9/h2-6,12H,1,7H2,(H,11,13). The van der Waals surface area contributed by atoms with Gasteiger partial charge in [0.2, 0.25) is 0 Å². The predicted molar refractivity (Wildman–Crippen MR) is 57.6 cm³/mol. The highest BCUT2D eigenvalue weighted by atomic mass is 32.2. The van der Waals surface area contributed by atoms with Gasteiger partial charge in [-0.1, -0.05) is 6.08 Å². The lowest BCUT2D eigenvalue weighted by molar-refractivity contribution is 0.261. The zero-order valence-electron chi connectivity index (χ0n) is 7.56. The minimum atomic E-state index is -0.129. The average Bonchev–Trinajstić information content (AvgIpc) is 2.18. The van der Waals surface area contributed by atoms with Gasteiger partial charge in [-0.15, -0.1) is 6.58 Å². The van der Waals surface area contributed by atoms with Gasteiger partial charge in [-0.05, 0) is 36.0 Å². The topological polar surface area (TPSA) is 49.3 Å². The molecule has 4 heteroatoms. The molecule has 0 aromatic heterocycles. The maximum atomic E-state index is 11.2. The number of phenols is 1.